The highest BCUT2D eigenvalue weighted by molar-refractivity contribution is 7.92. The monoisotopic (exact) mass is 400 g/mol. The topological polar surface area (TPSA) is 58.6 Å². The molecule has 6 heteroatoms. The Bertz CT molecular complexity index is 975. The smallest absolute Gasteiger partial charge is 0.229 e. The van der Waals surface area contributed by atoms with Crippen LogP contribution >= 0.6 is 0 Å². The van der Waals surface area contributed by atoms with Gasteiger partial charge in [-0.15, -0.1) is 0 Å². The molecule has 150 valence electrons. The maximum atomic E-state index is 11.6. The minimum atomic E-state index is -3.27. The molecule has 1 saturated heterocycles. The van der Waals surface area contributed by atoms with Crippen LogP contribution in [0.5, 0.6) is 5.75 Å². The quantitative estimate of drug-likeness (QED) is 0.775. The summed E-state index contributed by atoms with van der Waals surface area (Å²) in [6.45, 7) is 8.02. The number of nitrogens with one attached hydrogen (secondary N) is 1. The number of hydrogen-bond donors (Lipinski definition) is 1. The Morgan fingerprint density at radius 1 is 1.21 bits per heavy atom. The molecule has 1 saturated carbocycles. The molecule has 2 fully saturated rings. The lowest BCUT2D eigenvalue weighted by Crippen LogP contribution is -2.32. The fourth-order valence-electron chi connectivity index (χ4n) is 4.85. The fraction of sp³-hybridized carbons (Fsp3) is 0.455. The lowest BCUT2D eigenvalue weighted by Gasteiger charge is -2.23. The zero-order chi connectivity index (χ0) is 19.9. The van der Waals surface area contributed by atoms with Crippen molar-refractivity contribution in [1.29, 1.82) is 0 Å². The average molecular weight is 401 g/mol. The van der Waals surface area contributed by atoms with Crippen molar-refractivity contribution < 1.29 is 13.2 Å². The van der Waals surface area contributed by atoms with Gasteiger partial charge in [-0.05, 0) is 48.1 Å². The van der Waals surface area contributed by atoms with Gasteiger partial charge in [0.05, 0.1) is 6.26 Å². The van der Waals surface area contributed by atoms with Gasteiger partial charge in [0.15, 0.2) is 0 Å². The highest BCUT2D eigenvalue weighted by Crippen LogP contribution is 2.64. The van der Waals surface area contributed by atoms with Crippen molar-refractivity contribution in [2.24, 2.45) is 11.8 Å². The van der Waals surface area contributed by atoms with E-state index in [-0.39, 0.29) is 5.41 Å². The van der Waals surface area contributed by atoms with E-state index in [1.54, 1.807) is 0 Å². The zero-order valence-corrected chi connectivity index (χ0v) is 17.5. The number of benzene rings is 2. The minimum absolute atomic E-state index is 0.137. The molecule has 2 aromatic rings. The van der Waals surface area contributed by atoms with Crippen LogP contribution in [0, 0.1) is 18.8 Å². The van der Waals surface area contributed by atoms with Crippen LogP contribution in [0.2, 0.25) is 0 Å². The minimum Gasteiger partial charge on any atom is -0.492 e. The molecule has 3 atom stereocenters. The molecule has 1 aliphatic heterocycles. The van der Waals surface area contributed by atoms with Crippen LogP contribution in [0.15, 0.2) is 48.5 Å². The standard InChI is InChI=1S/C22H28N2O3S/c1-16-7-4-5-10-21(16)27-12-11-24-14-20-17(2)22(20,15-24)18-8-6-9-19(13-18)23-28(3,25)26/h4-10,13,17,20,23H,11-12,14-15H2,1-3H3. The molecule has 5 nitrogen and oxygen atoms in total. The first-order valence-corrected chi connectivity index (χ1v) is 11.7. The van der Waals surface area contributed by atoms with Crippen molar-refractivity contribution in [3.63, 3.8) is 0 Å². The van der Waals surface area contributed by atoms with Gasteiger partial charge in [-0.3, -0.25) is 9.62 Å². The third kappa shape index (κ3) is 3.63. The number of sulfonamides is 1. The molecule has 0 spiro atoms. The number of fused-ring (bicyclic) bond motifs is 1. The van der Waals surface area contributed by atoms with E-state index in [4.69, 9.17) is 4.74 Å². The van der Waals surface area contributed by atoms with Crippen molar-refractivity contribution >= 4 is 15.7 Å². The largest absolute Gasteiger partial charge is 0.492 e. The Morgan fingerprint density at radius 3 is 2.75 bits per heavy atom. The molecule has 1 heterocycles. The molecular weight excluding hydrogens is 372 g/mol. The summed E-state index contributed by atoms with van der Waals surface area (Å²) in [7, 11) is -3.27. The van der Waals surface area contributed by atoms with Gasteiger partial charge in [-0.25, -0.2) is 8.42 Å². The van der Waals surface area contributed by atoms with Crippen molar-refractivity contribution in [2.75, 3.05) is 37.2 Å². The van der Waals surface area contributed by atoms with E-state index in [2.05, 4.69) is 35.6 Å². The van der Waals surface area contributed by atoms with Crippen LogP contribution in [0.4, 0.5) is 5.69 Å². The second-order valence-corrected chi connectivity index (χ2v) is 9.99. The predicted octanol–water partition coefficient (Wildman–Crippen LogP) is 3.26. The first kappa shape index (κ1) is 19.3. The molecule has 1 N–H and O–H groups in total. The lowest BCUT2D eigenvalue weighted by molar-refractivity contribution is 0.213. The van der Waals surface area contributed by atoms with E-state index in [0.29, 0.717) is 24.1 Å². The first-order chi connectivity index (χ1) is 13.3. The van der Waals surface area contributed by atoms with Gasteiger partial charge in [-0.2, -0.15) is 0 Å². The molecule has 28 heavy (non-hydrogen) atoms. The van der Waals surface area contributed by atoms with Crippen molar-refractivity contribution in [3.05, 3.63) is 59.7 Å². The normalized spacial score (nSPS) is 26.7. The van der Waals surface area contributed by atoms with Crippen LogP contribution in [0.3, 0.4) is 0 Å². The summed E-state index contributed by atoms with van der Waals surface area (Å²) < 4.78 is 31.7. The maximum Gasteiger partial charge on any atom is 0.229 e. The summed E-state index contributed by atoms with van der Waals surface area (Å²) in [6, 6.07) is 16.0. The summed E-state index contributed by atoms with van der Waals surface area (Å²) in [6.07, 6.45) is 1.19. The number of hydrogen-bond acceptors (Lipinski definition) is 4. The number of rotatable bonds is 7. The van der Waals surface area contributed by atoms with Gasteiger partial charge in [0.2, 0.25) is 10.0 Å². The molecule has 3 unspecified atom stereocenters. The van der Waals surface area contributed by atoms with Gasteiger partial charge in [0.1, 0.15) is 12.4 Å². The molecule has 0 aromatic heterocycles. The second kappa shape index (κ2) is 7.08. The molecule has 0 radical (unpaired) electrons. The lowest BCUT2D eigenvalue weighted by atomic mass is 9.92. The van der Waals surface area contributed by atoms with Crippen molar-refractivity contribution in [3.8, 4) is 5.75 Å². The van der Waals surface area contributed by atoms with Gasteiger partial charge in [0, 0.05) is 30.7 Å². The zero-order valence-electron chi connectivity index (χ0n) is 16.7. The first-order valence-electron chi connectivity index (χ1n) is 9.79. The van der Waals surface area contributed by atoms with Gasteiger partial charge < -0.3 is 4.74 Å². The van der Waals surface area contributed by atoms with E-state index in [1.807, 2.05) is 36.4 Å². The number of likely N-dealkylation sites (tertiary alicyclic amines) is 1. The second-order valence-electron chi connectivity index (χ2n) is 8.24. The maximum absolute atomic E-state index is 11.6. The summed E-state index contributed by atoms with van der Waals surface area (Å²) in [4.78, 5) is 2.47. The summed E-state index contributed by atoms with van der Waals surface area (Å²) >= 11 is 0. The average Bonchev–Trinajstić information content (AvgIpc) is 2.99. The number of ether oxygens (including phenoxy) is 1. The molecule has 2 aromatic carbocycles. The van der Waals surface area contributed by atoms with E-state index < -0.39 is 10.0 Å². The van der Waals surface area contributed by atoms with Crippen LogP contribution in [-0.4, -0.2) is 45.8 Å². The third-order valence-electron chi connectivity index (χ3n) is 6.37. The van der Waals surface area contributed by atoms with Crippen molar-refractivity contribution in [1.82, 2.24) is 4.90 Å². The Morgan fingerprint density at radius 2 is 2.00 bits per heavy atom. The van der Waals surface area contributed by atoms with Gasteiger partial charge >= 0.3 is 0 Å². The number of anilines is 1. The Labute approximate surface area is 167 Å². The predicted molar refractivity (Wildman–Crippen MR) is 112 cm³/mol. The van der Waals surface area contributed by atoms with Crippen LogP contribution in [0.1, 0.15) is 18.1 Å². The number of aryl methyl sites for hydroxylation is 1. The number of para-hydroxylation sites is 1. The Balaban J connectivity index is 1.41. The summed E-state index contributed by atoms with van der Waals surface area (Å²) in [5.74, 6) is 2.20. The van der Waals surface area contributed by atoms with Crippen molar-refractivity contribution in [2.45, 2.75) is 19.3 Å². The Kier molecular flexibility index (Phi) is 4.88. The van der Waals surface area contributed by atoms with Crippen LogP contribution in [0.25, 0.3) is 0 Å². The molecule has 0 amide bonds. The van der Waals surface area contributed by atoms with Crippen LogP contribution in [-0.2, 0) is 15.4 Å². The molecule has 0 bridgehead atoms. The van der Waals surface area contributed by atoms with E-state index in [1.165, 1.54) is 11.8 Å². The summed E-state index contributed by atoms with van der Waals surface area (Å²) in [5.41, 5.74) is 3.18. The molecule has 2 aliphatic rings. The number of piperidine rings is 1. The molecule has 1 aliphatic carbocycles. The van der Waals surface area contributed by atoms with E-state index in [0.717, 1.165) is 30.9 Å². The Hall–Kier alpha value is -2.05. The van der Waals surface area contributed by atoms with Crippen LogP contribution < -0.4 is 9.46 Å². The van der Waals surface area contributed by atoms with E-state index in [9.17, 15) is 8.42 Å². The highest BCUT2D eigenvalue weighted by Gasteiger charge is 2.66. The van der Waals surface area contributed by atoms with Gasteiger partial charge in [-0.1, -0.05) is 37.3 Å². The molecule has 4 rings (SSSR count). The molecular formula is C22H28N2O3S. The SMILES string of the molecule is Cc1ccccc1OCCN1CC2C(C)C2(c2cccc(NS(C)(=O)=O)c2)C1. The third-order valence-corrected chi connectivity index (χ3v) is 6.98. The fourth-order valence-corrected chi connectivity index (χ4v) is 5.40. The van der Waals surface area contributed by atoms with E-state index >= 15 is 0 Å². The highest BCUT2D eigenvalue weighted by atomic mass is 32.2. The number of nitrogens with zero attached hydrogens (tertiary/aromatic N) is 1. The summed E-state index contributed by atoms with van der Waals surface area (Å²) in [5, 5.41) is 0. The van der Waals surface area contributed by atoms with Gasteiger partial charge in [0.25, 0.3) is 0 Å².